The van der Waals surface area contributed by atoms with Crippen molar-refractivity contribution in [3.8, 4) is 28.3 Å². The summed E-state index contributed by atoms with van der Waals surface area (Å²) in [7, 11) is 0. The van der Waals surface area contributed by atoms with E-state index in [1.165, 1.54) is 17.4 Å². The fourth-order valence-corrected chi connectivity index (χ4v) is 3.79. The van der Waals surface area contributed by atoms with E-state index in [2.05, 4.69) is 20.6 Å². The molecule has 4 rings (SSSR count). The summed E-state index contributed by atoms with van der Waals surface area (Å²) < 4.78 is 0.782. The number of nitrogens with zero attached hydrogens (tertiary/aromatic N) is 3. The minimum absolute atomic E-state index is 0.0337. The molecule has 0 bridgehead atoms. The normalized spacial score (nSPS) is 11.0. The summed E-state index contributed by atoms with van der Waals surface area (Å²) in [5, 5.41) is 24.1. The molecule has 2 aromatic carbocycles. The first-order chi connectivity index (χ1) is 11.6. The van der Waals surface area contributed by atoms with Crippen LogP contribution in [-0.4, -0.2) is 25.7 Å². The SMILES string of the molecule is Cc1sc2cc(O)ccc2c(=O)c1-c1ccc(-c2nn[nH]n2)cc1. The van der Waals surface area contributed by atoms with Gasteiger partial charge in [-0.2, -0.15) is 5.21 Å². The van der Waals surface area contributed by atoms with Crippen LogP contribution in [0.25, 0.3) is 32.6 Å². The molecule has 2 heterocycles. The minimum Gasteiger partial charge on any atom is -0.508 e. The van der Waals surface area contributed by atoms with Crippen molar-refractivity contribution in [3.05, 3.63) is 57.6 Å². The Bertz CT molecular complexity index is 1090. The molecule has 118 valence electrons. The Morgan fingerprint density at radius 3 is 2.54 bits per heavy atom. The average molecular weight is 336 g/mol. The highest BCUT2D eigenvalue weighted by Crippen LogP contribution is 2.30. The number of aromatic amines is 1. The number of H-pyrrole nitrogens is 1. The number of fused-ring (bicyclic) bond motifs is 1. The summed E-state index contributed by atoms with van der Waals surface area (Å²) in [4.78, 5) is 13.8. The lowest BCUT2D eigenvalue weighted by Crippen LogP contribution is -2.06. The summed E-state index contributed by atoms with van der Waals surface area (Å²) >= 11 is 1.49. The first kappa shape index (κ1) is 14.5. The van der Waals surface area contributed by atoms with Crippen molar-refractivity contribution in [2.45, 2.75) is 6.92 Å². The first-order valence-electron chi connectivity index (χ1n) is 7.24. The molecule has 0 aliphatic carbocycles. The van der Waals surface area contributed by atoms with Gasteiger partial charge in [0.05, 0.1) is 0 Å². The van der Waals surface area contributed by atoms with Gasteiger partial charge in [0.15, 0.2) is 5.43 Å². The summed E-state index contributed by atoms with van der Waals surface area (Å²) in [5.41, 5.74) is 2.31. The van der Waals surface area contributed by atoms with E-state index in [4.69, 9.17) is 0 Å². The zero-order chi connectivity index (χ0) is 16.7. The molecule has 0 atom stereocenters. The molecule has 6 nitrogen and oxygen atoms in total. The van der Waals surface area contributed by atoms with Gasteiger partial charge in [-0.05, 0) is 35.9 Å². The maximum Gasteiger partial charge on any atom is 0.204 e. The Hall–Kier alpha value is -3.06. The Balaban J connectivity index is 1.87. The predicted octanol–water partition coefficient (Wildman–Crippen LogP) is 3.12. The van der Waals surface area contributed by atoms with Gasteiger partial charge in [-0.15, -0.1) is 21.5 Å². The molecule has 0 aliphatic heterocycles. The Morgan fingerprint density at radius 1 is 1.08 bits per heavy atom. The van der Waals surface area contributed by atoms with Crippen LogP contribution in [0.15, 0.2) is 47.3 Å². The highest BCUT2D eigenvalue weighted by atomic mass is 32.1. The molecule has 0 aliphatic rings. The van der Waals surface area contributed by atoms with E-state index >= 15 is 0 Å². The molecule has 0 spiro atoms. The fraction of sp³-hybridized carbons (Fsp3) is 0.0588. The lowest BCUT2D eigenvalue weighted by molar-refractivity contribution is 0.476. The van der Waals surface area contributed by atoms with E-state index in [1.807, 2.05) is 31.2 Å². The van der Waals surface area contributed by atoms with E-state index in [9.17, 15) is 9.90 Å². The smallest absolute Gasteiger partial charge is 0.204 e. The van der Waals surface area contributed by atoms with Gasteiger partial charge in [0.2, 0.25) is 5.82 Å². The molecule has 7 heteroatoms. The van der Waals surface area contributed by atoms with Crippen LogP contribution in [-0.2, 0) is 0 Å². The summed E-state index contributed by atoms with van der Waals surface area (Å²) in [6.45, 7) is 1.91. The van der Waals surface area contributed by atoms with Crippen LogP contribution >= 0.6 is 11.3 Å². The van der Waals surface area contributed by atoms with Crippen LogP contribution in [0, 0.1) is 6.92 Å². The zero-order valence-electron chi connectivity index (χ0n) is 12.6. The number of aromatic hydroxyl groups is 1. The molecule has 0 saturated carbocycles. The average Bonchev–Trinajstić information content (AvgIpc) is 3.09. The Kier molecular flexibility index (Phi) is 3.35. The third-order valence-electron chi connectivity index (χ3n) is 3.83. The van der Waals surface area contributed by atoms with E-state index < -0.39 is 0 Å². The van der Waals surface area contributed by atoms with Crippen LogP contribution in [0.3, 0.4) is 0 Å². The number of phenols is 1. The molecular weight excluding hydrogens is 324 g/mol. The van der Waals surface area contributed by atoms with Crippen molar-refractivity contribution in [1.82, 2.24) is 20.6 Å². The monoisotopic (exact) mass is 336 g/mol. The number of hydrogen-bond donors (Lipinski definition) is 2. The fourth-order valence-electron chi connectivity index (χ4n) is 2.70. The van der Waals surface area contributed by atoms with E-state index in [1.54, 1.807) is 12.1 Å². The van der Waals surface area contributed by atoms with Gasteiger partial charge in [0, 0.05) is 26.1 Å². The highest BCUT2D eigenvalue weighted by Gasteiger charge is 2.13. The minimum atomic E-state index is -0.0337. The lowest BCUT2D eigenvalue weighted by Gasteiger charge is -2.08. The van der Waals surface area contributed by atoms with Crippen LogP contribution in [0.5, 0.6) is 5.75 Å². The number of aromatic nitrogens is 4. The maximum absolute atomic E-state index is 12.9. The van der Waals surface area contributed by atoms with Gasteiger partial charge in [0.1, 0.15) is 5.75 Å². The summed E-state index contributed by atoms with van der Waals surface area (Å²) in [6.07, 6.45) is 0. The van der Waals surface area contributed by atoms with Crippen molar-refractivity contribution >= 4 is 21.4 Å². The van der Waals surface area contributed by atoms with E-state index in [0.29, 0.717) is 16.8 Å². The van der Waals surface area contributed by atoms with Gasteiger partial charge >= 0.3 is 0 Å². The number of hydrogen-bond acceptors (Lipinski definition) is 6. The molecule has 0 amide bonds. The maximum atomic E-state index is 12.9. The topological polar surface area (TPSA) is 91.8 Å². The Morgan fingerprint density at radius 2 is 1.83 bits per heavy atom. The highest BCUT2D eigenvalue weighted by molar-refractivity contribution is 7.18. The Labute approximate surface area is 140 Å². The van der Waals surface area contributed by atoms with Gasteiger partial charge in [-0.3, -0.25) is 4.79 Å². The van der Waals surface area contributed by atoms with Crippen LogP contribution in [0.2, 0.25) is 0 Å². The molecular formula is C17H12N4O2S. The van der Waals surface area contributed by atoms with Crippen molar-refractivity contribution in [3.63, 3.8) is 0 Å². The molecule has 0 radical (unpaired) electrons. The third-order valence-corrected chi connectivity index (χ3v) is 4.90. The zero-order valence-corrected chi connectivity index (χ0v) is 13.5. The number of benzene rings is 2. The van der Waals surface area contributed by atoms with E-state index in [0.717, 1.165) is 20.7 Å². The number of nitrogens with one attached hydrogen (secondary N) is 1. The van der Waals surface area contributed by atoms with Crippen molar-refractivity contribution in [1.29, 1.82) is 0 Å². The van der Waals surface area contributed by atoms with Gasteiger partial charge in [-0.1, -0.05) is 24.3 Å². The lowest BCUT2D eigenvalue weighted by atomic mass is 10.0. The molecule has 0 saturated heterocycles. The molecule has 4 aromatic rings. The molecule has 0 fully saturated rings. The van der Waals surface area contributed by atoms with Gasteiger partial charge in [-0.25, -0.2) is 0 Å². The second kappa shape index (κ2) is 5.54. The first-order valence-corrected chi connectivity index (χ1v) is 8.06. The van der Waals surface area contributed by atoms with Crippen LogP contribution < -0.4 is 5.43 Å². The van der Waals surface area contributed by atoms with Gasteiger partial charge < -0.3 is 5.11 Å². The molecule has 0 unspecified atom stereocenters. The van der Waals surface area contributed by atoms with Crippen molar-refractivity contribution in [2.24, 2.45) is 0 Å². The molecule has 2 aromatic heterocycles. The predicted molar refractivity (Wildman–Crippen MR) is 93.1 cm³/mol. The quantitative estimate of drug-likeness (QED) is 0.587. The standard InChI is InChI=1S/C17H12N4O2S/c1-9-15(16(23)13-7-6-12(22)8-14(13)24-9)10-2-4-11(5-3-10)17-18-20-21-19-17/h2-8,22H,1H3,(H,18,19,20,21). The second-order valence-corrected chi connectivity index (χ2v) is 6.61. The number of tetrazole rings is 1. The molecule has 24 heavy (non-hydrogen) atoms. The second-order valence-electron chi connectivity index (χ2n) is 5.36. The third kappa shape index (κ3) is 2.35. The summed E-state index contributed by atoms with van der Waals surface area (Å²) in [6, 6.07) is 12.3. The number of phenolic OH excluding ortho intramolecular Hbond substituents is 1. The summed E-state index contributed by atoms with van der Waals surface area (Å²) in [5.74, 6) is 0.673. The van der Waals surface area contributed by atoms with Crippen LogP contribution in [0.4, 0.5) is 0 Å². The van der Waals surface area contributed by atoms with Crippen LogP contribution in [0.1, 0.15) is 4.88 Å². The largest absolute Gasteiger partial charge is 0.508 e. The van der Waals surface area contributed by atoms with E-state index in [-0.39, 0.29) is 11.2 Å². The molecule has 2 N–H and O–H groups in total. The number of rotatable bonds is 2. The van der Waals surface area contributed by atoms with Gasteiger partial charge in [0.25, 0.3) is 0 Å². The van der Waals surface area contributed by atoms with Crippen molar-refractivity contribution < 1.29 is 5.11 Å². The number of aryl methyl sites for hydroxylation is 1. The van der Waals surface area contributed by atoms with Crippen molar-refractivity contribution in [2.75, 3.05) is 0 Å².